The SMILES string of the molecule is CC(C)[C@H]1Cc2c(sc3nc(SCC(=O)c4ccc(Br)cc4)n(C4CCCCC4)c(=O)c23)CO1. The first kappa shape index (κ1) is 24.2. The molecule has 0 N–H and O–H groups in total. The van der Waals surface area contributed by atoms with Gasteiger partial charge in [-0.1, -0.05) is 72.9 Å². The molecule has 1 fully saturated rings. The minimum Gasteiger partial charge on any atom is -0.372 e. The quantitative estimate of drug-likeness (QED) is 0.188. The number of aromatic nitrogens is 2. The van der Waals surface area contributed by atoms with E-state index in [1.165, 1.54) is 18.2 Å². The van der Waals surface area contributed by atoms with Crippen molar-refractivity contribution in [2.75, 3.05) is 5.75 Å². The zero-order valence-electron chi connectivity index (χ0n) is 19.5. The second-order valence-corrected chi connectivity index (χ2v) is 12.5. The molecule has 180 valence electrons. The van der Waals surface area contributed by atoms with Crippen LogP contribution < -0.4 is 5.56 Å². The fourth-order valence-electron chi connectivity index (χ4n) is 4.96. The number of carbonyl (C=O) groups excluding carboxylic acids is 1. The molecular weight excluding hydrogens is 532 g/mol. The van der Waals surface area contributed by atoms with E-state index >= 15 is 0 Å². The van der Waals surface area contributed by atoms with Crippen molar-refractivity contribution in [3.8, 4) is 0 Å². The Bertz CT molecular complexity index is 1260. The van der Waals surface area contributed by atoms with Crippen LogP contribution in [0.2, 0.25) is 0 Å². The summed E-state index contributed by atoms with van der Waals surface area (Å²) in [5.74, 6) is 0.701. The van der Waals surface area contributed by atoms with Crippen molar-refractivity contribution in [3.05, 3.63) is 55.1 Å². The van der Waals surface area contributed by atoms with E-state index < -0.39 is 0 Å². The third-order valence-corrected chi connectivity index (χ3v) is 9.50. The smallest absolute Gasteiger partial charge is 0.263 e. The molecule has 3 heterocycles. The Balaban J connectivity index is 1.53. The number of hydrogen-bond donors (Lipinski definition) is 0. The Labute approximate surface area is 216 Å². The van der Waals surface area contributed by atoms with E-state index in [-0.39, 0.29) is 29.2 Å². The van der Waals surface area contributed by atoms with E-state index in [4.69, 9.17) is 9.72 Å². The summed E-state index contributed by atoms with van der Waals surface area (Å²) >= 11 is 6.39. The molecule has 1 aromatic carbocycles. The van der Waals surface area contributed by atoms with Crippen LogP contribution in [0, 0.1) is 5.92 Å². The maximum absolute atomic E-state index is 14.0. The molecule has 3 aromatic rings. The molecule has 0 amide bonds. The van der Waals surface area contributed by atoms with Crippen LogP contribution >= 0.6 is 39.0 Å². The third-order valence-electron chi connectivity index (χ3n) is 6.92. The zero-order valence-corrected chi connectivity index (χ0v) is 22.7. The standard InChI is InChI=1S/C26H29BrN2O3S2/c1-15(2)21-12-19-22(13-32-21)34-24-23(19)25(31)29(18-6-4-3-5-7-18)26(28-24)33-14-20(30)16-8-10-17(27)11-9-16/h8-11,15,18,21H,3-7,12-14H2,1-2H3/t21-/m1/s1. The monoisotopic (exact) mass is 560 g/mol. The second-order valence-electron chi connectivity index (χ2n) is 9.56. The van der Waals surface area contributed by atoms with Crippen molar-refractivity contribution in [3.63, 3.8) is 0 Å². The number of hydrogen-bond acceptors (Lipinski definition) is 6. The molecule has 1 aliphatic carbocycles. The van der Waals surface area contributed by atoms with Gasteiger partial charge in [0.05, 0.1) is 23.8 Å². The van der Waals surface area contributed by atoms with Crippen LogP contribution in [0.5, 0.6) is 0 Å². The summed E-state index contributed by atoms with van der Waals surface area (Å²) in [7, 11) is 0. The van der Waals surface area contributed by atoms with Gasteiger partial charge in [0.15, 0.2) is 10.9 Å². The number of rotatable bonds is 6. The first-order valence-electron chi connectivity index (χ1n) is 12.0. The van der Waals surface area contributed by atoms with E-state index in [2.05, 4.69) is 29.8 Å². The molecule has 2 aliphatic rings. The van der Waals surface area contributed by atoms with E-state index in [9.17, 15) is 9.59 Å². The Morgan fingerprint density at radius 3 is 2.68 bits per heavy atom. The van der Waals surface area contributed by atoms with Crippen molar-refractivity contribution in [1.29, 1.82) is 0 Å². The van der Waals surface area contributed by atoms with Gasteiger partial charge in [0.1, 0.15) is 4.83 Å². The van der Waals surface area contributed by atoms with Gasteiger partial charge in [0.2, 0.25) is 0 Å². The summed E-state index contributed by atoms with van der Waals surface area (Å²) in [6.07, 6.45) is 6.35. The fourth-order valence-corrected chi connectivity index (χ4v) is 7.35. The Hall–Kier alpha value is -1.48. The van der Waals surface area contributed by atoms with Gasteiger partial charge in [0.25, 0.3) is 5.56 Å². The highest BCUT2D eigenvalue weighted by Gasteiger charge is 2.30. The van der Waals surface area contributed by atoms with Gasteiger partial charge >= 0.3 is 0 Å². The molecule has 0 saturated heterocycles. The van der Waals surface area contributed by atoms with Gasteiger partial charge in [-0.2, -0.15) is 0 Å². The second kappa shape index (κ2) is 10.2. The molecule has 34 heavy (non-hydrogen) atoms. The minimum atomic E-state index is 0.0423. The highest BCUT2D eigenvalue weighted by atomic mass is 79.9. The normalized spacial score (nSPS) is 19.0. The molecule has 0 unspecified atom stereocenters. The number of ether oxygens (including phenoxy) is 1. The number of benzene rings is 1. The first-order chi connectivity index (χ1) is 16.4. The van der Waals surface area contributed by atoms with E-state index in [1.54, 1.807) is 11.3 Å². The number of Topliss-reactive ketones (excluding diaryl/α,β-unsaturated/α-hetero) is 1. The van der Waals surface area contributed by atoms with E-state index in [0.717, 1.165) is 57.2 Å². The first-order valence-corrected chi connectivity index (χ1v) is 14.6. The molecule has 1 aliphatic heterocycles. The van der Waals surface area contributed by atoms with Crippen molar-refractivity contribution in [1.82, 2.24) is 9.55 Å². The van der Waals surface area contributed by atoms with Crippen molar-refractivity contribution < 1.29 is 9.53 Å². The number of thioether (sulfide) groups is 1. The van der Waals surface area contributed by atoms with Crippen LogP contribution in [-0.2, 0) is 17.8 Å². The fraction of sp³-hybridized carbons (Fsp3) is 0.500. The lowest BCUT2D eigenvalue weighted by Crippen LogP contribution is -2.31. The van der Waals surface area contributed by atoms with Crippen LogP contribution in [0.1, 0.15) is 72.8 Å². The van der Waals surface area contributed by atoms with Crippen molar-refractivity contribution >= 4 is 55.0 Å². The predicted molar refractivity (Wildman–Crippen MR) is 142 cm³/mol. The van der Waals surface area contributed by atoms with Crippen LogP contribution in [-0.4, -0.2) is 27.2 Å². The maximum Gasteiger partial charge on any atom is 0.263 e. The largest absolute Gasteiger partial charge is 0.372 e. The number of halogens is 1. The van der Waals surface area contributed by atoms with E-state index in [1.807, 2.05) is 28.8 Å². The molecule has 5 nitrogen and oxygen atoms in total. The number of carbonyl (C=O) groups is 1. The predicted octanol–water partition coefficient (Wildman–Crippen LogP) is 6.80. The van der Waals surface area contributed by atoms with Gasteiger partial charge in [-0.3, -0.25) is 14.2 Å². The number of ketones is 1. The molecule has 1 saturated carbocycles. The topological polar surface area (TPSA) is 61.2 Å². The molecule has 0 bridgehead atoms. The van der Waals surface area contributed by atoms with Gasteiger partial charge in [-0.25, -0.2) is 4.98 Å². The maximum atomic E-state index is 14.0. The molecule has 5 rings (SSSR count). The van der Waals surface area contributed by atoms with Crippen molar-refractivity contribution in [2.45, 2.75) is 76.3 Å². The van der Waals surface area contributed by atoms with Gasteiger partial charge in [-0.15, -0.1) is 11.3 Å². The summed E-state index contributed by atoms with van der Waals surface area (Å²) in [5, 5.41) is 1.46. The summed E-state index contributed by atoms with van der Waals surface area (Å²) in [5.41, 5.74) is 1.87. The molecule has 0 spiro atoms. The summed E-state index contributed by atoms with van der Waals surface area (Å²) < 4.78 is 8.94. The van der Waals surface area contributed by atoms with Crippen LogP contribution in [0.3, 0.4) is 0 Å². The van der Waals surface area contributed by atoms with Crippen molar-refractivity contribution in [2.24, 2.45) is 5.92 Å². The van der Waals surface area contributed by atoms with E-state index in [0.29, 0.717) is 23.2 Å². The lowest BCUT2D eigenvalue weighted by Gasteiger charge is -2.27. The third kappa shape index (κ3) is 4.79. The van der Waals surface area contributed by atoms with Gasteiger partial charge in [-0.05, 0) is 36.5 Å². The summed E-state index contributed by atoms with van der Waals surface area (Å²) in [4.78, 5) is 33.8. The van der Waals surface area contributed by atoms with Gasteiger partial charge < -0.3 is 4.74 Å². The van der Waals surface area contributed by atoms with Crippen LogP contribution in [0.25, 0.3) is 10.2 Å². The zero-order chi connectivity index (χ0) is 23.8. The highest BCUT2D eigenvalue weighted by molar-refractivity contribution is 9.10. The molecular formula is C26H29BrN2O3S2. The molecule has 2 aromatic heterocycles. The molecule has 1 atom stereocenters. The van der Waals surface area contributed by atoms with Crippen LogP contribution in [0.15, 0.2) is 38.7 Å². The summed E-state index contributed by atoms with van der Waals surface area (Å²) in [6, 6.07) is 7.57. The Kier molecular flexibility index (Phi) is 7.30. The number of thiophene rings is 1. The van der Waals surface area contributed by atoms with Gasteiger partial charge in [0, 0.05) is 27.4 Å². The average molecular weight is 562 g/mol. The number of fused-ring (bicyclic) bond motifs is 3. The highest BCUT2D eigenvalue weighted by Crippen LogP contribution is 2.38. The minimum absolute atomic E-state index is 0.0423. The Morgan fingerprint density at radius 2 is 1.97 bits per heavy atom. The lowest BCUT2D eigenvalue weighted by atomic mass is 9.94. The average Bonchev–Trinajstić information content (AvgIpc) is 3.21. The molecule has 8 heteroatoms. The van der Waals surface area contributed by atoms with Crippen LogP contribution in [0.4, 0.5) is 0 Å². The summed E-state index contributed by atoms with van der Waals surface area (Å²) in [6.45, 7) is 4.88. The Morgan fingerprint density at radius 1 is 1.24 bits per heavy atom. The molecule has 0 radical (unpaired) electrons. The lowest BCUT2D eigenvalue weighted by molar-refractivity contribution is 0.00200. The number of nitrogens with zero attached hydrogens (tertiary/aromatic N) is 2.